The van der Waals surface area contributed by atoms with Gasteiger partial charge in [-0.25, -0.2) is 0 Å². The molecule has 0 saturated heterocycles. The Bertz CT molecular complexity index is 46.8. The summed E-state index contributed by atoms with van der Waals surface area (Å²) in [6.45, 7) is 0. The third kappa shape index (κ3) is 2.08. The smallest absolute Gasteiger partial charge is 0.104 e. The summed E-state index contributed by atoms with van der Waals surface area (Å²) in [4.78, 5) is 0. The molecule has 0 heterocycles. The van der Waals surface area contributed by atoms with Gasteiger partial charge in [-0.3, -0.25) is 5.41 Å². The van der Waals surface area contributed by atoms with Crippen molar-refractivity contribution in [2.75, 3.05) is 12.8 Å². The van der Waals surface area contributed by atoms with Gasteiger partial charge in [-0.15, -0.1) is 0 Å². The van der Waals surface area contributed by atoms with Crippen LogP contribution in [0.3, 0.4) is 0 Å². The number of amidine groups is 1. The maximum Gasteiger partial charge on any atom is 0.104 e. The van der Waals surface area contributed by atoms with Gasteiger partial charge in [0.25, 0.3) is 0 Å². The van der Waals surface area contributed by atoms with E-state index in [0.717, 1.165) is 0 Å². The lowest BCUT2D eigenvalue weighted by molar-refractivity contribution is 1.14. The molecule has 2 nitrogen and oxygen atoms in total. The highest BCUT2D eigenvalue weighted by Gasteiger charge is 1.80. The molecule has 35 valence electrons. The van der Waals surface area contributed by atoms with Crippen LogP contribution >= 0.6 is 12.6 Å². The fourth-order valence-electron chi connectivity index (χ4n) is 0.0722. The van der Waals surface area contributed by atoms with Gasteiger partial charge in [-0.05, 0) is 0 Å². The number of hydrogen-bond donors (Lipinski definition) is 2. The lowest BCUT2D eigenvalue weighted by Crippen LogP contribution is -2.17. The minimum atomic E-state index is 0.385. The van der Waals surface area contributed by atoms with Gasteiger partial charge < -0.3 is 5.32 Å². The maximum absolute atomic E-state index is 6.77. The van der Waals surface area contributed by atoms with Crippen molar-refractivity contribution in [2.24, 2.45) is 0 Å². The summed E-state index contributed by atoms with van der Waals surface area (Å²) in [5.74, 6) is 0.793. The molecule has 0 aliphatic rings. The van der Waals surface area contributed by atoms with Gasteiger partial charge in [-0.2, -0.15) is 0 Å². The minimum absolute atomic E-state index is 0.385. The first-order valence-corrected chi connectivity index (χ1v) is 2.22. The molecular formula is C3H7N2S. The normalized spacial score (nSPS) is 7.67. The van der Waals surface area contributed by atoms with E-state index in [2.05, 4.69) is 17.9 Å². The molecule has 0 aliphatic carbocycles. The van der Waals surface area contributed by atoms with Crippen molar-refractivity contribution >= 4 is 18.5 Å². The first kappa shape index (κ1) is 5.82. The molecule has 1 radical (unpaired) electrons. The van der Waals surface area contributed by atoms with E-state index in [1.807, 2.05) is 0 Å². The molecular weight excluding hydrogens is 96.1 g/mol. The quantitative estimate of drug-likeness (QED) is 0.365. The largest absolute Gasteiger partial charge is 0.376 e. The van der Waals surface area contributed by atoms with E-state index >= 15 is 0 Å². The fraction of sp³-hybridized carbons (Fsp3) is 0.667. The second-order valence-corrected chi connectivity index (χ2v) is 1.16. The maximum atomic E-state index is 6.77. The van der Waals surface area contributed by atoms with Gasteiger partial charge in [0.1, 0.15) is 5.84 Å². The van der Waals surface area contributed by atoms with E-state index in [4.69, 9.17) is 5.41 Å². The summed E-state index contributed by atoms with van der Waals surface area (Å²) in [6, 6.07) is 0. The Morgan fingerprint density at radius 3 is 2.50 bits per heavy atom. The van der Waals surface area contributed by atoms with E-state index < -0.39 is 0 Å². The van der Waals surface area contributed by atoms with E-state index in [1.165, 1.54) is 0 Å². The molecule has 0 atom stereocenters. The third-order valence-corrected chi connectivity index (χ3v) is 0.735. The third-order valence-electron chi connectivity index (χ3n) is 0.446. The molecule has 0 fully saturated rings. The van der Waals surface area contributed by atoms with Crippen LogP contribution in [0.15, 0.2) is 0 Å². The standard InChI is InChI=1S/C3H7N2S/c1-5-3(4)2-6/h2H2,1H3,(H2,4,5). The van der Waals surface area contributed by atoms with Crippen LogP contribution in [0.5, 0.6) is 0 Å². The summed E-state index contributed by atoms with van der Waals surface area (Å²) in [5, 5.41) is 9.36. The summed E-state index contributed by atoms with van der Waals surface area (Å²) < 4.78 is 0. The van der Waals surface area contributed by atoms with Gasteiger partial charge in [0.05, 0.1) is 5.75 Å². The van der Waals surface area contributed by atoms with Gasteiger partial charge in [0, 0.05) is 7.05 Å². The summed E-state index contributed by atoms with van der Waals surface area (Å²) in [6.07, 6.45) is 0. The highest BCUT2D eigenvalue weighted by atomic mass is 32.1. The molecule has 0 bridgehead atoms. The average molecular weight is 103 g/mol. The second kappa shape index (κ2) is 3.03. The molecule has 0 amide bonds. The van der Waals surface area contributed by atoms with Crippen molar-refractivity contribution in [3.63, 3.8) is 0 Å². The van der Waals surface area contributed by atoms with Crippen molar-refractivity contribution in [3.05, 3.63) is 0 Å². The molecule has 2 N–H and O–H groups in total. The Kier molecular flexibility index (Phi) is 2.94. The van der Waals surface area contributed by atoms with Crippen LogP contribution in [0.1, 0.15) is 0 Å². The SMILES string of the molecule is CNC(=N)C[S]. The van der Waals surface area contributed by atoms with Crippen molar-refractivity contribution in [1.29, 1.82) is 5.41 Å². The van der Waals surface area contributed by atoms with Crippen LogP contribution < -0.4 is 5.32 Å². The molecule has 0 aromatic heterocycles. The molecule has 0 aromatic rings. The topological polar surface area (TPSA) is 35.9 Å². The second-order valence-electron chi connectivity index (χ2n) is 0.873. The highest BCUT2D eigenvalue weighted by Crippen LogP contribution is 1.68. The monoisotopic (exact) mass is 103 g/mol. The lowest BCUT2D eigenvalue weighted by Gasteiger charge is -1.90. The molecule has 0 aliphatic heterocycles. The van der Waals surface area contributed by atoms with Crippen molar-refractivity contribution < 1.29 is 0 Å². The Morgan fingerprint density at radius 2 is 2.50 bits per heavy atom. The van der Waals surface area contributed by atoms with Crippen LogP contribution in [0.4, 0.5) is 0 Å². The molecule has 0 spiro atoms. The predicted octanol–water partition coefficient (Wildman–Crippen LogP) is 0.381. The summed E-state index contributed by atoms with van der Waals surface area (Å²) in [5.41, 5.74) is 0. The average Bonchev–Trinajstić information content (AvgIpc) is 1.65. The zero-order chi connectivity index (χ0) is 4.99. The molecule has 3 heteroatoms. The predicted molar refractivity (Wildman–Crippen MR) is 29.2 cm³/mol. The molecule has 0 rings (SSSR count). The zero-order valence-electron chi connectivity index (χ0n) is 3.62. The molecule has 0 saturated carbocycles. The molecule has 6 heavy (non-hydrogen) atoms. The number of rotatable bonds is 1. The van der Waals surface area contributed by atoms with Crippen LogP contribution in [-0.4, -0.2) is 18.6 Å². The number of hydrogen-bond acceptors (Lipinski definition) is 1. The van der Waals surface area contributed by atoms with Crippen LogP contribution in [0.25, 0.3) is 0 Å². The lowest BCUT2D eigenvalue weighted by atomic mass is 10.7. The highest BCUT2D eigenvalue weighted by molar-refractivity contribution is 7.81. The van der Waals surface area contributed by atoms with E-state index in [0.29, 0.717) is 11.6 Å². The van der Waals surface area contributed by atoms with Crippen LogP contribution in [0, 0.1) is 5.41 Å². The molecule has 0 unspecified atom stereocenters. The molecule has 0 aromatic carbocycles. The van der Waals surface area contributed by atoms with E-state index in [9.17, 15) is 0 Å². The van der Waals surface area contributed by atoms with E-state index in [-0.39, 0.29) is 0 Å². The fourth-order valence-corrected chi connectivity index (χ4v) is 0.217. The van der Waals surface area contributed by atoms with Crippen molar-refractivity contribution in [3.8, 4) is 0 Å². The minimum Gasteiger partial charge on any atom is -0.376 e. The van der Waals surface area contributed by atoms with E-state index in [1.54, 1.807) is 7.05 Å². The van der Waals surface area contributed by atoms with Crippen LogP contribution in [0.2, 0.25) is 0 Å². The first-order chi connectivity index (χ1) is 2.81. The van der Waals surface area contributed by atoms with Gasteiger partial charge in [-0.1, -0.05) is 12.6 Å². The van der Waals surface area contributed by atoms with Crippen molar-refractivity contribution in [1.82, 2.24) is 5.32 Å². The summed E-state index contributed by atoms with van der Waals surface area (Å²) in [7, 11) is 1.69. The summed E-state index contributed by atoms with van der Waals surface area (Å²) >= 11 is 4.49. The first-order valence-electron chi connectivity index (χ1n) is 1.64. The Labute approximate surface area is 42.9 Å². The Morgan fingerprint density at radius 1 is 2.00 bits per heavy atom. The van der Waals surface area contributed by atoms with Gasteiger partial charge >= 0.3 is 0 Å². The zero-order valence-corrected chi connectivity index (χ0v) is 4.43. The van der Waals surface area contributed by atoms with Crippen molar-refractivity contribution in [2.45, 2.75) is 0 Å². The Balaban J connectivity index is 2.99. The van der Waals surface area contributed by atoms with Crippen LogP contribution in [-0.2, 0) is 0 Å². The number of nitrogens with one attached hydrogen (secondary N) is 2. The van der Waals surface area contributed by atoms with Gasteiger partial charge in [0.15, 0.2) is 0 Å². The Hall–Kier alpha value is -0.180. The van der Waals surface area contributed by atoms with Gasteiger partial charge in [0.2, 0.25) is 0 Å².